The first kappa shape index (κ1) is 13.6. The summed E-state index contributed by atoms with van der Waals surface area (Å²) in [6, 6.07) is 15.4. The largest absolute Gasteiger partial charge is 0.381 e. The number of aromatic nitrogens is 1. The molecule has 0 amide bonds. The number of fused-ring (bicyclic) bond motifs is 1. The van der Waals surface area contributed by atoms with Crippen LogP contribution in [0.4, 0.5) is 10.1 Å². The number of anilines is 1. The average molecular weight is 280 g/mol. The molecule has 0 saturated heterocycles. The normalized spacial score (nSPS) is 10.8. The Morgan fingerprint density at radius 2 is 1.86 bits per heavy atom. The molecule has 0 radical (unpaired) electrons. The van der Waals surface area contributed by atoms with Crippen LogP contribution in [0.25, 0.3) is 10.9 Å². The second-order valence-corrected chi connectivity index (χ2v) is 5.30. The van der Waals surface area contributed by atoms with Gasteiger partial charge in [0.15, 0.2) is 0 Å². The number of nitrogens with one attached hydrogen (secondary N) is 1. The Morgan fingerprint density at radius 1 is 1.00 bits per heavy atom. The summed E-state index contributed by atoms with van der Waals surface area (Å²) in [5, 5.41) is 4.45. The molecule has 0 unspecified atom stereocenters. The zero-order valence-electron chi connectivity index (χ0n) is 12.2. The lowest BCUT2D eigenvalue weighted by molar-refractivity contribution is 0.618. The topological polar surface area (TPSA) is 24.9 Å². The lowest BCUT2D eigenvalue weighted by Crippen LogP contribution is -2.00. The van der Waals surface area contributed by atoms with Crippen LogP contribution in [0.15, 0.2) is 48.5 Å². The maximum absolute atomic E-state index is 13.2. The van der Waals surface area contributed by atoms with Crippen molar-refractivity contribution >= 4 is 16.6 Å². The van der Waals surface area contributed by atoms with Crippen LogP contribution < -0.4 is 5.32 Å². The summed E-state index contributed by atoms with van der Waals surface area (Å²) in [5.41, 5.74) is 4.79. The number of hydrogen-bond acceptors (Lipinski definition) is 2. The quantitative estimate of drug-likeness (QED) is 0.758. The Hall–Kier alpha value is -2.42. The standard InChI is InChI=1S/C18H17FN2/c1-12-9-16(6-7-17(12)19)20-11-14-4-8-18-15(10-14)5-3-13(2)21-18/h3-10,20H,11H2,1-2H3. The van der Waals surface area contributed by atoms with E-state index in [0.717, 1.165) is 22.3 Å². The summed E-state index contributed by atoms with van der Waals surface area (Å²) in [6.45, 7) is 4.46. The van der Waals surface area contributed by atoms with Gasteiger partial charge in [0.1, 0.15) is 5.82 Å². The van der Waals surface area contributed by atoms with Gasteiger partial charge in [0.2, 0.25) is 0 Å². The van der Waals surface area contributed by atoms with Crippen LogP contribution in [0.5, 0.6) is 0 Å². The van der Waals surface area contributed by atoms with Crippen molar-refractivity contribution in [3.63, 3.8) is 0 Å². The van der Waals surface area contributed by atoms with Gasteiger partial charge >= 0.3 is 0 Å². The van der Waals surface area contributed by atoms with Crippen LogP contribution in [0.2, 0.25) is 0 Å². The van der Waals surface area contributed by atoms with E-state index in [0.29, 0.717) is 12.1 Å². The van der Waals surface area contributed by atoms with Crippen molar-refractivity contribution in [3.8, 4) is 0 Å². The molecule has 21 heavy (non-hydrogen) atoms. The van der Waals surface area contributed by atoms with Crippen LogP contribution >= 0.6 is 0 Å². The monoisotopic (exact) mass is 280 g/mol. The summed E-state index contributed by atoms with van der Waals surface area (Å²) < 4.78 is 13.2. The van der Waals surface area contributed by atoms with Gasteiger partial charge in [-0.15, -0.1) is 0 Å². The fourth-order valence-corrected chi connectivity index (χ4v) is 2.35. The first-order chi connectivity index (χ1) is 10.1. The highest BCUT2D eigenvalue weighted by Crippen LogP contribution is 2.17. The van der Waals surface area contributed by atoms with E-state index in [9.17, 15) is 4.39 Å². The van der Waals surface area contributed by atoms with Crippen LogP contribution in [0.3, 0.4) is 0 Å². The third kappa shape index (κ3) is 3.02. The molecule has 3 heteroatoms. The van der Waals surface area contributed by atoms with Crippen LogP contribution in [-0.4, -0.2) is 4.98 Å². The van der Waals surface area contributed by atoms with Crippen molar-refractivity contribution in [2.45, 2.75) is 20.4 Å². The highest BCUT2D eigenvalue weighted by molar-refractivity contribution is 5.79. The Bertz CT molecular complexity index is 796. The summed E-state index contributed by atoms with van der Waals surface area (Å²) in [5.74, 6) is -0.173. The van der Waals surface area contributed by atoms with Gasteiger partial charge in [-0.2, -0.15) is 0 Å². The van der Waals surface area contributed by atoms with Gasteiger partial charge in [0.05, 0.1) is 5.52 Å². The van der Waals surface area contributed by atoms with Gasteiger partial charge < -0.3 is 5.32 Å². The number of nitrogens with zero attached hydrogens (tertiary/aromatic N) is 1. The fourth-order valence-electron chi connectivity index (χ4n) is 2.35. The zero-order valence-corrected chi connectivity index (χ0v) is 12.2. The molecule has 106 valence electrons. The SMILES string of the molecule is Cc1ccc2cc(CNc3ccc(F)c(C)c3)ccc2n1. The van der Waals surface area contributed by atoms with E-state index < -0.39 is 0 Å². The van der Waals surface area contributed by atoms with Crippen molar-refractivity contribution in [2.24, 2.45) is 0 Å². The molecule has 0 aliphatic rings. The Morgan fingerprint density at radius 3 is 2.67 bits per heavy atom. The Kier molecular flexibility index (Phi) is 3.57. The van der Waals surface area contributed by atoms with Gasteiger partial charge in [-0.05, 0) is 61.4 Å². The van der Waals surface area contributed by atoms with E-state index in [4.69, 9.17) is 0 Å². The van der Waals surface area contributed by atoms with E-state index in [-0.39, 0.29) is 5.82 Å². The zero-order chi connectivity index (χ0) is 14.8. The molecule has 0 aliphatic heterocycles. The summed E-state index contributed by atoms with van der Waals surface area (Å²) in [7, 11) is 0. The van der Waals surface area contributed by atoms with Crippen LogP contribution in [0, 0.1) is 19.7 Å². The molecule has 1 aromatic heterocycles. The molecule has 1 N–H and O–H groups in total. The number of aryl methyl sites for hydroxylation is 2. The second kappa shape index (κ2) is 5.52. The maximum atomic E-state index is 13.2. The van der Waals surface area contributed by atoms with E-state index in [1.807, 2.05) is 25.1 Å². The van der Waals surface area contributed by atoms with Crippen LogP contribution in [-0.2, 0) is 6.54 Å². The van der Waals surface area contributed by atoms with Crippen LogP contribution in [0.1, 0.15) is 16.8 Å². The molecule has 3 rings (SSSR count). The first-order valence-electron chi connectivity index (χ1n) is 6.98. The van der Waals surface area contributed by atoms with Gasteiger partial charge in [0, 0.05) is 23.3 Å². The summed E-state index contributed by atoms with van der Waals surface area (Å²) >= 11 is 0. The molecule has 0 bridgehead atoms. The molecule has 0 aliphatic carbocycles. The minimum atomic E-state index is -0.173. The number of hydrogen-bond donors (Lipinski definition) is 1. The lowest BCUT2D eigenvalue weighted by Gasteiger charge is -2.09. The summed E-state index contributed by atoms with van der Waals surface area (Å²) in [4.78, 5) is 4.49. The molecule has 2 nitrogen and oxygen atoms in total. The smallest absolute Gasteiger partial charge is 0.126 e. The third-order valence-corrected chi connectivity index (χ3v) is 3.55. The number of benzene rings is 2. The summed E-state index contributed by atoms with van der Waals surface area (Å²) in [6.07, 6.45) is 0. The maximum Gasteiger partial charge on any atom is 0.126 e. The van der Waals surface area contributed by atoms with Crippen molar-refractivity contribution in [1.82, 2.24) is 4.98 Å². The van der Waals surface area contributed by atoms with E-state index in [2.05, 4.69) is 28.5 Å². The van der Waals surface area contributed by atoms with Gasteiger partial charge in [-0.3, -0.25) is 4.98 Å². The molecular weight excluding hydrogens is 263 g/mol. The predicted octanol–water partition coefficient (Wildman–Crippen LogP) is 4.60. The van der Waals surface area contributed by atoms with Crippen molar-refractivity contribution in [1.29, 1.82) is 0 Å². The minimum Gasteiger partial charge on any atom is -0.381 e. The van der Waals surface area contributed by atoms with Gasteiger partial charge in [-0.25, -0.2) is 4.39 Å². The molecule has 3 aromatic rings. The Labute approximate surface area is 123 Å². The number of halogens is 1. The van der Waals surface area contributed by atoms with E-state index in [1.54, 1.807) is 13.0 Å². The van der Waals surface area contributed by atoms with Gasteiger partial charge in [-0.1, -0.05) is 12.1 Å². The Balaban J connectivity index is 1.78. The average Bonchev–Trinajstić information content (AvgIpc) is 2.48. The molecular formula is C18H17FN2. The molecule has 0 spiro atoms. The number of rotatable bonds is 3. The predicted molar refractivity (Wildman–Crippen MR) is 84.9 cm³/mol. The molecule has 0 fully saturated rings. The first-order valence-corrected chi connectivity index (χ1v) is 6.98. The highest BCUT2D eigenvalue weighted by atomic mass is 19.1. The van der Waals surface area contributed by atoms with E-state index in [1.165, 1.54) is 11.6 Å². The third-order valence-electron chi connectivity index (χ3n) is 3.55. The van der Waals surface area contributed by atoms with Crippen molar-refractivity contribution in [3.05, 3.63) is 71.2 Å². The highest BCUT2D eigenvalue weighted by Gasteiger charge is 2.01. The van der Waals surface area contributed by atoms with Crippen molar-refractivity contribution < 1.29 is 4.39 Å². The number of pyridine rings is 1. The molecule has 1 heterocycles. The second-order valence-electron chi connectivity index (χ2n) is 5.30. The lowest BCUT2D eigenvalue weighted by atomic mass is 10.1. The molecule has 0 saturated carbocycles. The van der Waals surface area contributed by atoms with Crippen molar-refractivity contribution in [2.75, 3.05) is 5.32 Å². The van der Waals surface area contributed by atoms with E-state index >= 15 is 0 Å². The minimum absolute atomic E-state index is 0.173. The fraction of sp³-hybridized carbons (Fsp3) is 0.167. The molecule has 2 aromatic carbocycles. The molecule has 0 atom stereocenters. The van der Waals surface area contributed by atoms with Gasteiger partial charge in [0.25, 0.3) is 0 Å².